The van der Waals surface area contributed by atoms with Gasteiger partial charge in [-0.05, 0) is 38.0 Å². The Morgan fingerprint density at radius 2 is 2.00 bits per heavy atom. The number of hydrogen-bond donors (Lipinski definition) is 2. The van der Waals surface area contributed by atoms with Crippen LogP contribution in [0.4, 0.5) is 4.39 Å². The van der Waals surface area contributed by atoms with Crippen LogP contribution in [0, 0.1) is 5.82 Å². The van der Waals surface area contributed by atoms with Crippen LogP contribution in [0.5, 0.6) is 0 Å². The molecule has 2 aromatic heterocycles. The molecule has 3 rings (SSSR count). The van der Waals surface area contributed by atoms with Crippen molar-refractivity contribution in [2.75, 3.05) is 0 Å². The predicted molar refractivity (Wildman–Crippen MR) is 96.4 cm³/mol. The number of benzene rings is 1. The lowest BCUT2D eigenvalue weighted by atomic mass is 9.95. The maximum Gasteiger partial charge on any atom is 0.328 e. The average Bonchev–Trinajstić information content (AvgIpc) is 2.85. The van der Waals surface area contributed by atoms with Crippen LogP contribution in [0.25, 0.3) is 22.3 Å². The number of nitrogens with one attached hydrogen (secondary N) is 1. The molecule has 5 nitrogen and oxygen atoms in total. The highest BCUT2D eigenvalue weighted by molar-refractivity contribution is 6.34. The fraction of sp³-hybridized carbons (Fsp3) is 0.333. The Balaban J connectivity index is 2.40. The van der Waals surface area contributed by atoms with Crippen molar-refractivity contribution in [3.63, 3.8) is 0 Å². The van der Waals surface area contributed by atoms with Crippen LogP contribution in [0.1, 0.15) is 33.2 Å². The van der Waals surface area contributed by atoms with Crippen molar-refractivity contribution in [3.05, 3.63) is 51.8 Å². The zero-order valence-corrected chi connectivity index (χ0v) is 14.9. The van der Waals surface area contributed by atoms with Crippen LogP contribution in [0.15, 0.2) is 35.3 Å². The molecule has 3 aromatic rings. The minimum Gasteiger partial charge on any atom is -0.388 e. The predicted octanol–water partition coefficient (Wildman–Crippen LogP) is 3.91. The van der Waals surface area contributed by atoms with Crippen molar-refractivity contribution < 1.29 is 9.50 Å². The Morgan fingerprint density at radius 1 is 1.36 bits per heavy atom. The average molecular weight is 364 g/mol. The lowest BCUT2D eigenvalue weighted by Gasteiger charge is -2.29. The summed E-state index contributed by atoms with van der Waals surface area (Å²) in [5.41, 5.74) is 0.609. The third-order valence-electron chi connectivity index (χ3n) is 4.34. The maximum atomic E-state index is 13.3. The van der Waals surface area contributed by atoms with Gasteiger partial charge >= 0.3 is 5.69 Å². The van der Waals surface area contributed by atoms with Crippen molar-refractivity contribution in [1.29, 1.82) is 0 Å². The lowest BCUT2D eigenvalue weighted by Crippen LogP contribution is -2.37. The fourth-order valence-electron chi connectivity index (χ4n) is 3.25. The molecular weight excluding hydrogens is 345 g/mol. The molecule has 0 fully saturated rings. The molecular formula is C18H19ClFN3O2. The molecule has 132 valence electrons. The van der Waals surface area contributed by atoms with Gasteiger partial charge in [-0.1, -0.05) is 30.7 Å². The highest BCUT2D eigenvalue weighted by Crippen LogP contribution is 2.36. The van der Waals surface area contributed by atoms with Gasteiger partial charge in [-0.15, -0.1) is 0 Å². The number of aromatic amines is 1. The van der Waals surface area contributed by atoms with Crippen LogP contribution in [-0.4, -0.2) is 25.2 Å². The molecule has 25 heavy (non-hydrogen) atoms. The smallest absolute Gasteiger partial charge is 0.328 e. The number of halogens is 2. The van der Waals surface area contributed by atoms with E-state index < -0.39 is 11.6 Å². The van der Waals surface area contributed by atoms with Gasteiger partial charge in [0, 0.05) is 11.8 Å². The Labute approximate surface area is 149 Å². The summed E-state index contributed by atoms with van der Waals surface area (Å²) in [4.78, 5) is 19.5. The van der Waals surface area contributed by atoms with E-state index in [2.05, 4.69) is 9.97 Å². The fourth-order valence-corrected chi connectivity index (χ4v) is 3.50. The van der Waals surface area contributed by atoms with Crippen molar-refractivity contribution in [1.82, 2.24) is 14.5 Å². The number of pyridine rings is 1. The summed E-state index contributed by atoms with van der Waals surface area (Å²) in [6, 6.07) is 5.39. The molecule has 0 unspecified atom stereocenters. The molecule has 2 N–H and O–H groups in total. The second kappa shape index (κ2) is 6.28. The SMILES string of the molecule is CC[C@@H](n1c(=O)[nH]c2ncc(Cl)c(-c3ccc(F)cc3)c21)C(C)(C)O. The van der Waals surface area contributed by atoms with Gasteiger partial charge in [0.25, 0.3) is 0 Å². The summed E-state index contributed by atoms with van der Waals surface area (Å²) in [6.45, 7) is 5.20. The number of fused-ring (bicyclic) bond motifs is 1. The van der Waals surface area contributed by atoms with Gasteiger partial charge < -0.3 is 5.11 Å². The van der Waals surface area contributed by atoms with E-state index in [1.807, 2.05) is 6.92 Å². The standard InChI is InChI=1S/C18H19ClFN3O2/c1-4-13(18(2,3)25)23-15-14(10-5-7-11(20)8-6-10)12(19)9-21-16(15)22-17(23)24/h5-9,13,25H,4H2,1-3H3,(H,21,22,24)/t13-/m1/s1. The summed E-state index contributed by atoms with van der Waals surface area (Å²) < 4.78 is 14.8. The van der Waals surface area contributed by atoms with Gasteiger partial charge in [-0.3, -0.25) is 9.55 Å². The van der Waals surface area contributed by atoms with E-state index in [1.165, 1.54) is 22.9 Å². The molecule has 0 saturated heterocycles. The van der Waals surface area contributed by atoms with Crippen LogP contribution in [0.2, 0.25) is 5.02 Å². The summed E-state index contributed by atoms with van der Waals surface area (Å²) in [6.07, 6.45) is 1.99. The third kappa shape index (κ3) is 3.07. The van der Waals surface area contributed by atoms with Gasteiger partial charge in [-0.2, -0.15) is 0 Å². The molecule has 0 aliphatic heterocycles. The normalized spacial score (nSPS) is 13.4. The first kappa shape index (κ1) is 17.6. The van der Waals surface area contributed by atoms with Crippen molar-refractivity contribution in [2.45, 2.75) is 38.8 Å². The molecule has 0 aliphatic rings. The highest BCUT2D eigenvalue weighted by Gasteiger charge is 2.31. The quantitative estimate of drug-likeness (QED) is 0.738. The Hall–Kier alpha value is -2.18. The van der Waals surface area contributed by atoms with Gasteiger partial charge in [0.15, 0.2) is 5.65 Å². The zero-order valence-electron chi connectivity index (χ0n) is 14.2. The van der Waals surface area contributed by atoms with E-state index in [0.29, 0.717) is 33.7 Å². The summed E-state index contributed by atoms with van der Waals surface area (Å²) in [5.74, 6) is -0.362. The summed E-state index contributed by atoms with van der Waals surface area (Å²) in [7, 11) is 0. The zero-order chi connectivity index (χ0) is 18.4. The molecule has 0 spiro atoms. The van der Waals surface area contributed by atoms with E-state index in [0.717, 1.165) is 0 Å². The van der Waals surface area contributed by atoms with Gasteiger partial charge in [-0.25, -0.2) is 14.2 Å². The maximum absolute atomic E-state index is 13.3. The molecule has 0 saturated carbocycles. The van der Waals surface area contributed by atoms with E-state index in [4.69, 9.17) is 11.6 Å². The molecule has 0 radical (unpaired) electrons. The van der Waals surface area contributed by atoms with Crippen LogP contribution < -0.4 is 5.69 Å². The third-order valence-corrected chi connectivity index (χ3v) is 4.63. The molecule has 0 aliphatic carbocycles. The molecule has 2 heterocycles. The largest absolute Gasteiger partial charge is 0.388 e. The number of nitrogens with zero attached hydrogens (tertiary/aromatic N) is 2. The first-order valence-corrected chi connectivity index (χ1v) is 8.38. The first-order chi connectivity index (χ1) is 11.7. The summed E-state index contributed by atoms with van der Waals surface area (Å²) >= 11 is 6.37. The van der Waals surface area contributed by atoms with Crippen LogP contribution in [0.3, 0.4) is 0 Å². The van der Waals surface area contributed by atoms with Crippen LogP contribution in [-0.2, 0) is 0 Å². The summed E-state index contributed by atoms with van der Waals surface area (Å²) in [5, 5.41) is 10.9. The number of aromatic nitrogens is 3. The molecule has 0 amide bonds. The van der Waals surface area contributed by atoms with E-state index in [9.17, 15) is 14.3 Å². The topological polar surface area (TPSA) is 70.9 Å². The second-order valence-corrected chi connectivity index (χ2v) is 6.97. The van der Waals surface area contributed by atoms with Gasteiger partial charge in [0.2, 0.25) is 0 Å². The first-order valence-electron chi connectivity index (χ1n) is 8.01. The van der Waals surface area contributed by atoms with E-state index in [-0.39, 0.29) is 11.5 Å². The number of H-pyrrole nitrogens is 1. The van der Waals surface area contributed by atoms with Crippen molar-refractivity contribution in [3.8, 4) is 11.1 Å². The minimum absolute atomic E-state index is 0.345. The number of aliphatic hydroxyl groups is 1. The van der Waals surface area contributed by atoms with Gasteiger partial charge in [0.05, 0.1) is 22.2 Å². The number of rotatable bonds is 4. The number of imidazole rings is 1. The number of hydrogen-bond acceptors (Lipinski definition) is 3. The van der Waals surface area contributed by atoms with Gasteiger partial charge in [0.1, 0.15) is 5.82 Å². The van der Waals surface area contributed by atoms with E-state index >= 15 is 0 Å². The highest BCUT2D eigenvalue weighted by atomic mass is 35.5. The lowest BCUT2D eigenvalue weighted by molar-refractivity contribution is 0.0217. The van der Waals surface area contributed by atoms with E-state index in [1.54, 1.807) is 26.0 Å². The van der Waals surface area contributed by atoms with Crippen molar-refractivity contribution >= 4 is 22.8 Å². The molecule has 0 bridgehead atoms. The Bertz CT molecular complexity index is 971. The Kier molecular flexibility index (Phi) is 4.43. The van der Waals surface area contributed by atoms with Crippen molar-refractivity contribution in [2.24, 2.45) is 0 Å². The molecule has 1 atom stereocenters. The Morgan fingerprint density at radius 3 is 2.56 bits per heavy atom. The second-order valence-electron chi connectivity index (χ2n) is 6.56. The molecule has 7 heteroatoms. The molecule has 1 aromatic carbocycles. The van der Waals surface area contributed by atoms with Crippen LogP contribution >= 0.6 is 11.6 Å². The monoisotopic (exact) mass is 363 g/mol. The minimum atomic E-state index is -1.13.